The molecule has 3 aromatic carbocycles. The SMILES string of the molecule is COCCN(CC(=O)Nc1ccc(N2CCN(C(=O)c3ccc(C)cc3)CC2)cc1)C(=O)c1ccc(Cl)cc1. The lowest BCUT2D eigenvalue weighted by Crippen LogP contribution is -2.48. The van der Waals surface area contributed by atoms with Crippen LogP contribution >= 0.6 is 11.6 Å². The molecule has 1 N–H and O–H groups in total. The number of benzene rings is 3. The fraction of sp³-hybridized carbons (Fsp3) is 0.300. The van der Waals surface area contributed by atoms with Crippen LogP contribution in [0.2, 0.25) is 5.02 Å². The Hall–Kier alpha value is -3.88. The second kappa shape index (κ2) is 13.3. The average Bonchev–Trinajstić information content (AvgIpc) is 2.96. The molecule has 1 aliphatic heterocycles. The predicted molar refractivity (Wildman–Crippen MR) is 154 cm³/mol. The van der Waals surface area contributed by atoms with E-state index in [1.807, 2.05) is 60.4 Å². The first kappa shape index (κ1) is 28.1. The van der Waals surface area contributed by atoms with E-state index in [0.717, 1.165) is 24.3 Å². The molecule has 0 bridgehead atoms. The van der Waals surface area contributed by atoms with Gasteiger partial charge in [-0.3, -0.25) is 14.4 Å². The lowest BCUT2D eigenvalue weighted by Gasteiger charge is -2.36. The van der Waals surface area contributed by atoms with Crippen LogP contribution in [0.5, 0.6) is 0 Å². The van der Waals surface area contributed by atoms with Crippen LogP contribution in [0.3, 0.4) is 0 Å². The van der Waals surface area contributed by atoms with Gasteiger partial charge >= 0.3 is 0 Å². The molecule has 0 saturated carbocycles. The number of hydrogen-bond donors (Lipinski definition) is 1. The summed E-state index contributed by atoms with van der Waals surface area (Å²) in [5.74, 6) is -0.514. The number of piperazine rings is 1. The number of anilines is 2. The molecule has 8 nitrogen and oxygen atoms in total. The molecule has 0 aliphatic carbocycles. The van der Waals surface area contributed by atoms with Gasteiger partial charge in [-0.25, -0.2) is 0 Å². The van der Waals surface area contributed by atoms with Gasteiger partial charge in [0, 0.05) is 67.4 Å². The van der Waals surface area contributed by atoms with E-state index in [4.69, 9.17) is 16.3 Å². The first-order chi connectivity index (χ1) is 18.8. The maximum atomic E-state index is 12.9. The zero-order valence-electron chi connectivity index (χ0n) is 22.2. The average molecular weight is 549 g/mol. The molecule has 3 amide bonds. The van der Waals surface area contributed by atoms with E-state index in [2.05, 4.69) is 10.2 Å². The normalized spacial score (nSPS) is 13.2. The van der Waals surface area contributed by atoms with Crippen molar-refractivity contribution in [1.82, 2.24) is 9.80 Å². The number of nitrogens with zero attached hydrogens (tertiary/aromatic N) is 3. The van der Waals surface area contributed by atoms with Crippen molar-refractivity contribution >= 4 is 40.7 Å². The summed E-state index contributed by atoms with van der Waals surface area (Å²) in [6, 6.07) is 21.8. The van der Waals surface area contributed by atoms with Crippen LogP contribution in [0.25, 0.3) is 0 Å². The molecule has 4 rings (SSSR count). The summed E-state index contributed by atoms with van der Waals surface area (Å²) in [6.45, 7) is 5.23. The van der Waals surface area contributed by atoms with Crippen molar-refractivity contribution in [3.05, 3.63) is 94.5 Å². The van der Waals surface area contributed by atoms with E-state index >= 15 is 0 Å². The first-order valence-corrected chi connectivity index (χ1v) is 13.3. The zero-order valence-corrected chi connectivity index (χ0v) is 23.0. The van der Waals surface area contributed by atoms with Crippen LogP contribution < -0.4 is 10.2 Å². The summed E-state index contributed by atoms with van der Waals surface area (Å²) in [4.78, 5) is 44.1. The number of nitrogens with one attached hydrogen (secondary N) is 1. The Morgan fingerprint density at radius 1 is 0.872 bits per heavy atom. The highest BCUT2D eigenvalue weighted by atomic mass is 35.5. The third-order valence-electron chi connectivity index (χ3n) is 6.66. The van der Waals surface area contributed by atoms with Crippen LogP contribution in [0.4, 0.5) is 11.4 Å². The molecular weight excluding hydrogens is 516 g/mol. The Bertz CT molecular complexity index is 1270. The van der Waals surface area contributed by atoms with Crippen LogP contribution in [-0.2, 0) is 9.53 Å². The van der Waals surface area contributed by atoms with E-state index in [0.29, 0.717) is 41.5 Å². The minimum Gasteiger partial charge on any atom is -0.383 e. The molecule has 3 aromatic rings. The topological polar surface area (TPSA) is 82.2 Å². The molecular formula is C30H33ClN4O4. The molecule has 204 valence electrons. The molecule has 1 heterocycles. The monoisotopic (exact) mass is 548 g/mol. The van der Waals surface area contributed by atoms with Crippen LogP contribution in [0.1, 0.15) is 26.3 Å². The molecule has 0 spiro atoms. The number of amides is 3. The number of carbonyl (C=O) groups excluding carboxylic acids is 3. The maximum Gasteiger partial charge on any atom is 0.254 e. The number of halogens is 1. The van der Waals surface area contributed by atoms with Crippen molar-refractivity contribution in [3.63, 3.8) is 0 Å². The van der Waals surface area contributed by atoms with Gasteiger partial charge in [0.1, 0.15) is 6.54 Å². The largest absolute Gasteiger partial charge is 0.383 e. The number of methoxy groups -OCH3 is 1. The lowest BCUT2D eigenvalue weighted by atomic mass is 10.1. The molecule has 1 aliphatic rings. The maximum absolute atomic E-state index is 12.9. The number of rotatable bonds is 9. The number of ether oxygens (including phenoxy) is 1. The van der Waals surface area contributed by atoms with Crippen LogP contribution in [-0.4, -0.2) is 80.5 Å². The molecule has 0 radical (unpaired) electrons. The van der Waals surface area contributed by atoms with Crippen molar-refractivity contribution < 1.29 is 19.1 Å². The Labute approximate surface area is 234 Å². The fourth-order valence-electron chi connectivity index (χ4n) is 4.40. The van der Waals surface area contributed by atoms with Crippen LogP contribution in [0.15, 0.2) is 72.8 Å². The van der Waals surface area contributed by atoms with E-state index in [1.54, 1.807) is 31.4 Å². The van der Waals surface area contributed by atoms with Gasteiger partial charge in [0.15, 0.2) is 0 Å². The van der Waals surface area contributed by atoms with Gasteiger partial charge in [-0.15, -0.1) is 0 Å². The number of carbonyl (C=O) groups is 3. The summed E-state index contributed by atoms with van der Waals surface area (Å²) in [7, 11) is 1.55. The molecule has 1 fully saturated rings. The van der Waals surface area contributed by atoms with Gasteiger partial charge in [-0.1, -0.05) is 29.3 Å². The quantitative estimate of drug-likeness (QED) is 0.430. The second-order valence-electron chi connectivity index (χ2n) is 9.47. The van der Waals surface area contributed by atoms with Crippen molar-refractivity contribution in [2.45, 2.75) is 6.92 Å². The zero-order chi connectivity index (χ0) is 27.8. The number of hydrogen-bond acceptors (Lipinski definition) is 5. The smallest absolute Gasteiger partial charge is 0.254 e. The van der Waals surface area contributed by atoms with Gasteiger partial charge in [0.2, 0.25) is 5.91 Å². The third-order valence-corrected chi connectivity index (χ3v) is 6.91. The first-order valence-electron chi connectivity index (χ1n) is 12.9. The van der Waals surface area contributed by atoms with Gasteiger partial charge in [-0.2, -0.15) is 0 Å². The Balaban J connectivity index is 1.30. The standard InChI is InChI=1S/C30H33ClN4O4/c1-22-3-5-23(6-4-22)29(37)34-17-15-33(16-18-34)27-13-11-26(12-14-27)32-28(36)21-35(19-20-39-2)30(38)24-7-9-25(31)10-8-24/h3-14H,15-21H2,1-2H3,(H,32,36). The minimum absolute atomic E-state index is 0.0572. The van der Waals surface area contributed by atoms with E-state index in [-0.39, 0.29) is 30.8 Å². The lowest BCUT2D eigenvalue weighted by molar-refractivity contribution is -0.117. The van der Waals surface area contributed by atoms with Crippen molar-refractivity contribution in [2.24, 2.45) is 0 Å². The van der Waals surface area contributed by atoms with Gasteiger partial charge in [0.05, 0.1) is 6.61 Å². The highest BCUT2D eigenvalue weighted by Gasteiger charge is 2.23. The van der Waals surface area contributed by atoms with E-state index < -0.39 is 0 Å². The van der Waals surface area contributed by atoms with Gasteiger partial charge < -0.3 is 24.8 Å². The predicted octanol–water partition coefficient (Wildman–Crippen LogP) is 4.34. The molecule has 9 heteroatoms. The van der Waals surface area contributed by atoms with Crippen LogP contribution in [0, 0.1) is 6.92 Å². The second-order valence-corrected chi connectivity index (χ2v) is 9.90. The summed E-state index contributed by atoms with van der Waals surface area (Å²) in [6.07, 6.45) is 0. The Morgan fingerprint density at radius 3 is 2.10 bits per heavy atom. The number of aryl methyl sites for hydroxylation is 1. The highest BCUT2D eigenvalue weighted by molar-refractivity contribution is 6.30. The van der Waals surface area contributed by atoms with Crippen molar-refractivity contribution in [1.29, 1.82) is 0 Å². The van der Waals surface area contributed by atoms with Crippen molar-refractivity contribution in [3.8, 4) is 0 Å². The highest BCUT2D eigenvalue weighted by Crippen LogP contribution is 2.21. The summed E-state index contributed by atoms with van der Waals surface area (Å²) in [5.41, 5.74) is 3.96. The van der Waals surface area contributed by atoms with E-state index in [9.17, 15) is 14.4 Å². The van der Waals surface area contributed by atoms with Gasteiger partial charge in [0.25, 0.3) is 11.8 Å². The molecule has 0 unspecified atom stereocenters. The Morgan fingerprint density at radius 2 is 1.49 bits per heavy atom. The summed E-state index contributed by atoms with van der Waals surface area (Å²) < 4.78 is 5.12. The summed E-state index contributed by atoms with van der Waals surface area (Å²) in [5, 5.41) is 3.41. The molecule has 0 atom stereocenters. The van der Waals surface area contributed by atoms with Gasteiger partial charge in [-0.05, 0) is 67.6 Å². The summed E-state index contributed by atoms with van der Waals surface area (Å²) >= 11 is 5.93. The Kier molecular flexibility index (Phi) is 9.57. The minimum atomic E-state index is -0.301. The fourth-order valence-corrected chi connectivity index (χ4v) is 4.53. The van der Waals surface area contributed by atoms with Crippen molar-refractivity contribution in [2.75, 3.05) is 63.2 Å². The molecule has 0 aromatic heterocycles. The third kappa shape index (κ3) is 7.59. The van der Waals surface area contributed by atoms with E-state index in [1.165, 1.54) is 4.90 Å². The molecule has 39 heavy (non-hydrogen) atoms. The molecule has 1 saturated heterocycles.